The van der Waals surface area contributed by atoms with Crippen molar-refractivity contribution in [1.29, 1.82) is 0 Å². The molecule has 0 aliphatic rings. The van der Waals surface area contributed by atoms with Gasteiger partial charge in [0.05, 0.1) is 18.5 Å². The van der Waals surface area contributed by atoms with E-state index in [0.717, 1.165) is 16.6 Å². The molecule has 0 heterocycles. The number of anilines is 1. The Balaban J connectivity index is 2.77. The highest BCUT2D eigenvalue weighted by molar-refractivity contribution is 7.88. The average Bonchev–Trinajstić information content (AvgIpc) is 2.45. The standard InChI is InChI=1S/C14H20F3N3O3S/c1-19(2)7-4-8-20(24(3,22)23)9-12(21)18-11-6-5-10(15)13(16)14(11)17/h5-6H,4,7-9H2,1-3H3,(H,18,21). The number of halogens is 3. The van der Waals surface area contributed by atoms with Crippen LogP contribution in [-0.2, 0) is 14.8 Å². The summed E-state index contributed by atoms with van der Waals surface area (Å²) in [6, 6.07) is 1.53. The Morgan fingerprint density at radius 3 is 2.29 bits per heavy atom. The van der Waals surface area contributed by atoms with Crippen LogP contribution < -0.4 is 5.32 Å². The zero-order valence-corrected chi connectivity index (χ0v) is 14.5. The maximum absolute atomic E-state index is 13.5. The summed E-state index contributed by atoms with van der Waals surface area (Å²) in [5.41, 5.74) is -0.555. The second kappa shape index (κ2) is 8.45. The molecule has 0 saturated heterocycles. The van der Waals surface area contributed by atoms with Gasteiger partial charge >= 0.3 is 0 Å². The van der Waals surface area contributed by atoms with Crippen molar-refractivity contribution in [3.05, 3.63) is 29.6 Å². The number of hydrogen-bond donors (Lipinski definition) is 1. The lowest BCUT2D eigenvalue weighted by Crippen LogP contribution is -2.38. The van der Waals surface area contributed by atoms with Gasteiger partial charge in [0.25, 0.3) is 0 Å². The molecule has 0 aliphatic heterocycles. The van der Waals surface area contributed by atoms with Crippen LogP contribution in [-0.4, -0.2) is 63.5 Å². The molecule has 1 aromatic rings. The van der Waals surface area contributed by atoms with Gasteiger partial charge in [-0.2, -0.15) is 4.31 Å². The number of rotatable bonds is 8. The Morgan fingerprint density at radius 1 is 1.12 bits per heavy atom. The Kier molecular flexibility index (Phi) is 7.18. The predicted octanol–water partition coefficient (Wildman–Crippen LogP) is 1.26. The summed E-state index contributed by atoms with van der Waals surface area (Å²) in [6.07, 6.45) is 1.45. The minimum atomic E-state index is -3.65. The molecular weight excluding hydrogens is 347 g/mol. The SMILES string of the molecule is CN(C)CCCN(CC(=O)Nc1ccc(F)c(F)c1F)S(C)(=O)=O. The summed E-state index contributed by atoms with van der Waals surface area (Å²) in [7, 11) is -0.00351. The molecule has 0 aromatic heterocycles. The van der Waals surface area contributed by atoms with Crippen molar-refractivity contribution < 1.29 is 26.4 Å². The number of hydrogen-bond acceptors (Lipinski definition) is 4. The number of carbonyl (C=O) groups excluding carboxylic acids is 1. The fraction of sp³-hybridized carbons (Fsp3) is 0.500. The number of sulfonamides is 1. The summed E-state index contributed by atoms with van der Waals surface area (Å²) >= 11 is 0. The van der Waals surface area contributed by atoms with Gasteiger partial charge < -0.3 is 10.2 Å². The van der Waals surface area contributed by atoms with E-state index >= 15 is 0 Å². The molecule has 1 aromatic carbocycles. The van der Waals surface area contributed by atoms with Crippen LogP contribution in [0.4, 0.5) is 18.9 Å². The third-order valence-corrected chi connectivity index (χ3v) is 4.36. The third kappa shape index (κ3) is 6.10. The van der Waals surface area contributed by atoms with E-state index in [1.165, 1.54) is 0 Å². The Hall–Kier alpha value is -1.65. The second-order valence-electron chi connectivity index (χ2n) is 5.52. The van der Waals surface area contributed by atoms with Gasteiger partial charge in [-0.15, -0.1) is 0 Å². The molecule has 0 spiro atoms. The van der Waals surface area contributed by atoms with Crippen LogP contribution in [0.1, 0.15) is 6.42 Å². The van der Waals surface area contributed by atoms with Crippen LogP contribution in [0.15, 0.2) is 12.1 Å². The molecule has 0 saturated carbocycles. The van der Waals surface area contributed by atoms with Crippen molar-refractivity contribution in [1.82, 2.24) is 9.21 Å². The van der Waals surface area contributed by atoms with E-state index in [1.54, 1.807) is 0 Å². The van der Waals surface area contributed by atoms with Crippen molar-refractivity contribution in [2.24, 2.45) is 0 Å². The molecule has 0 bridgehead atoms. The fourth-order valence-corrected chi connectivity index (χ4v) is 2.71. The number of amides is 1. The summed E-state index contributed by atoms with van der Waals surface area (Å²) in [5.74, 6) is -5.48. The Morgan fingerprint density at radius 2 is 1.75 bits per heavy atom. The van der Waals surface area contributed by atoms with Crippen molar-refractivity contribution in [3.63, 3.8) is 0 Å². The molecule has 0 unspecified atom stereocenters. The summed E-state index contributed by atoms with van der Waals surface area (Å²) in [4.78, 5) is 13.8. The van der Waals surface area contributed by atoms with E-state index in [-0.39, 0.29) is 6.54 Å². The zero-order valence-electron chi connectivity index (χ0n) is 13.6. The quantitative estimate of drug-likeness (QED) is 0.703. The van der Waals surface area contributed by atoms with E-state index in [1.807, 2.05) is 24.3 Å². The highest BCUT2D eigenvalue weighted by atomic mass is 32.2. The molecule has 1 amide bonds. The van der Waals surface area contributed by atoms with E-state index in [2.05, 4.69) is 0 Å². The molecular formula is C14H20F3N3O3S. The topological polar surface area (TPSA) is 69.7 Å². The van der Waals surface area contributed by atoms with Crippen molar-refractivity contribution in [3.8, 4) is 0 Å². The Labute approximate surface area is 139 Å². The van der Waals surface area contributed by atoms with Crippen LogP contribution in [0, 0.1) is 17.5 Å². The number of nitrogens with one attached hydrogen (secondary N) is 1. The maximum atomic E-state index is 13.5. The molecule has 6 nitrogen and oxygen atoms in total. The van der Waals surface area contributed by atoms with Crippen molar-refractivity contribution in [2.75, 3.05) is 45.3 Å². The van der Waals surface area contributed by atoms with Crippen LogP contribution in [0.3, 0.4) is 0 Å². The number of benzene rings is 1. The lowest BCUT2D eigenvalue weighted by atomic mass is 10.2. The zero-order chi connectivity index (χ0) is 18.5. The first-order valence-corrected chi connectivity index (χ1v) is 8.90. The molecule has 1 N–H and O–H groups in total. The normalized spacial score (nSPS) is 12.0. The maximum Gasteiger partial charge on any atom is 0.239 e. The molecule has 0 radical (unpaired) electrons. The van der Waals surface area contributed by atoms with Crippen molar-refractivity contribution >= 4 is 21.6 Å². The van der Waals surface area contributed by atoms with Gasteiger partial charge in [0.1, 0.15) is 0 Å². The average molecular weight is 367 g/mol. The number of nitrogens with zero attached hydrogens (tertiary/aromatic N) is 2. The summed E-state index contributed by atoms with van der Waals surface area (Å²) < 4.78 is 63.8. The first kappa shape index (κ1) is 20.4. The number of carbonyl (C=O) groups is 1. The van der Waals surface area contributed by atoms with Crippen molar-refractivity contribution in [2.45, 2.75) is 6.42 Å². The van der Waals surface area contributed by atoms with E-state index in [9.17, 15) is 26.4 Å². The minimum Gasteiger partial charge on any atom is -0.322 e. The van der Waals surface area contributed by atoms with E-state index in [0.29, 0.717) is 19.0 Å². The van der Waals surface area contributed by atoms with E-state index < -0.39 is 45.6 Å². The van der Waals surface area contributed by atoms with Crippen LogP contribution in [0.25, 0.3) is 0 Å². The van der Waals surface area contributed by atoms with Gasteiger partial charge in [0, 0.05) is 6.54 Å². The Bertz CT molecular complexity index is 696. The molecule has 0 atom stereocenters. The molecule has 24 heavy (non-hydrogen) atoms. The van der Waals surface area contributed by atoms with Gasteiger partial charge in [-0.3, -0.25) is 4.79 Å². The van der Waals surface area contributed by atoms with Gasteiger partial charge in [-0.1, -0.05) is 0 Å². The summed E-state index contributed by atoms with van der Waals surface area (Å²) in [6.45, 7) is 0.167. The van der Waals surface area contributed by atoms with Gasteiger partial charge in [0.2, 0.25) is 15.9 Å². The molecule has 1 rings (SSSR count). The first-order chi connectivity index (χ1) is 11.0. The van der Waals surface area contributed by atoms with Gasteiger partial charge in [0.15, 0.2) is 17.5 Å². The highest BCUT2D eigenvalue weighted by Gasteiger charge is 2.21. The van der Waals surface area contributed by atoms with Crippen LogP contribution in [0.5, 0.6) is 0 Å². The smallest absolute Gasteiger partial charge is 0.239 e. The largest absolute Gasteiger partial charge is 0.322 e. The van der Waals surface area contributed by atoms with Gasteiger partial charge in [-0.05, 0) is 39.2 Å². The minimum absolute atomic E-state index is 0.102. The second-order valence-corrected chi connectivity index (χ2v) is 7.51. The monoisotopic (exact) mass is 367 g/mol. The van der Waals surface area contributed by atoms with E-state index in [4.69, 9.17) is 0 Å². The highest BCUT2D eigenvalue weighted by Crippen LogP contribution is 2.19. The third-order valence-electron chi connectivity index (χ3n) is 3.11. The first-order valence-electron chi connectivity index (χ1n) is 7.05. The predicted molar refractivity (Wildman–Crippen MR) is 84.5 cm³/mol. The van der Waals surface area contributed by atoms with Crippen LogP contribution >= 0.6 is 0 Å². The molecule has 0 aliphatic carbocycles. The fourth-order valence-electron chi connectivity index (χ4n) is 1.90. The molecule has 136 valence electrons. The van der Waals surface area contributed by atoms with Gasteiger partial charge in [-0.25, -0.2) is 21.6 Å². The summed E-state index contributed by atoms with van der Waals surface area (Å²) in [5, 5.41) is 2.04. The molecule has 0 fully saturated rings. The lowest BCUT2D eigenvalue weighted by molar-refractivity contribution is -0.116. The van der Waals surface area contributed by atoms with Crippen LogP contribution in [0.2, 0.25) is 0 Å². The lowest BCUT2D eigenvalue weighted by Gasteiger charge is -2.20. The molecule has 10 heteroatoms.